The van der Waals surface area contributed by atoms with E-state index in [2.05, 4.69) is 43.4 Å². The molecule has 1 spiro atoms. The molecule has 9 heteroatoms. The van der Waals surface area contributed by atoms with E-state index in [4.69, 9.17) is 4.74 Å². The summed E-state index contributed by atoms with van der Waals surface area (Å²) < 4.78 is 35.7. The van der Waals surface area contributed by atoms with Crippen LogP contribution in [0.1, 0.15) is 97.1 Å². The molecular formula is C34H51N3O5S. The van der Waals surface area contributed by atoms with Gasteiger partial charge in [-0.05, 0) is 106 Å². The van der Waals surface area contributed by atoms with E-state index in [1.54, 1.807) is 9.21 Å². The predicted molar refractivity (Wildman–Crippen MR) is 167 cm³/mol. The molecule has 1 aromatic carbocycles. The summed E-state index contributed by atoms with van der Waals surface area (Å²) in [6.45, 7) is 12.0. The topological polar surface area (TPSA) is 96.0 Å². The van der Waals surface area contributed by atoms with Gasteiger partial charge >= 0.3 is 6.09 Å². The normalized spacial score (nSPS) is 31.7. The summed E-state index contributed by atoms with van der Waals surface area (Å²) in [6.07, 6.45) is 7.66. The van der Waals surface area contributed by atoms with Gasteiger partial charge in [0.1, 0.15) is 5.60 Å². The molecule has 2 heterocycles. The number of carbonyl (C=O) groups excluding carboxylic acids is 2. The number of benzene rings is 1. The highest BCUT2D eigenvalue weighted by Crippen LogP contribution is 2.66. The van der Waals surface area contributed by atoms with Gasteiger partial charge in [0, 0.05) is 37.6 Å². The Balaban J connectivity index is 1.14. The Hall–Kier alpha value is -2.13. The number of ether oxygens (including phenoxy) is 1. The highest BCUT2D eigenvalue weighted by Gasteiger charge is 2.66. The zero-order valence-electron chi connectivity index (χ0n) is 26.8. The van der Waals surface area contributed by atoms with E-state index in [1.807, 2.05) is 20.8 Å². The van der Waals surface area contributed by atoms with Crippen molar-refractivity contribution in [3.63, 3.8) is 0 Å². The van der Waals surface area contributed by atoms with Crippen LogP contribution in [0.25, 0.3) is 0 Å². The largest absolute Gasteiger partial charge is 0.444 e. The number of rotatable bonds is 5. The second-order valence-corrected chi connectivity index (χ2v) is 17.7. The third kappa shape index (κ3) is 5.40. The smallest absolute Gasteiger partial charge is 0.410 e. The first-order valence-electron chi connectivity index (χ1n) is 16.5. The van der Waals surface area contributed by atoms with Gasteiger partial charge in [-0.2, -0.15) is 0 Å². The standard InChI is InChI=1S/C34H51N3O5S/c1-31(2,3)42-30(39)36-18-8-10-25(22-36)29(38)35-28-21-26-13-15-34(28,32(26,4)5)23-43(40,41)37-19-16-33(17-20-37)14-12-24-9-6-7-11-27(24)33/h6-7,9,11,25-26,28H,8,10,12-23H2,1-5H3,(H,35,38). The second kappa shape index (κ2) is 10.7. The van der Waals surface area contributed by atoms with Crippen LogP contribution >= 0.6 is 0 Å². The molecule has 4 fully saturated rings. The summed E-state index contributed by atoms with van der Waals surface area (Å²) in [5.41, 5.74) is 1.69. The van der Waals surface area contributed by atoms with Crippen LogP contribution in [0.5, 0.6) is 0 Å². The maximum atomic E-state index is 14.2. The Bertz CT molecular complexity index is 1360. The highest BCUT2D eigenvalue weighted by molar-refractivity contribution is 7.89. The van der Waals surface area contributed by atoms with Crippen LogP contribution in [0, 0.1) is 22.7 Å². The minimum absolute atomic E-state index is 0.0572. The van der Waals surface area contributed by atoms with Crippen molar-refractivity contribution in [2.24, 2.45) is 22.7 Å². The van der Waals surface area contributed by atoms with E-state index in [0.29, 0.717) is 38.5 Å². The summed E-state index contributed by atoms with van der Waals surface area (Å²) in [6, 6.07) is 8.51. The lowest BCUT2D eigenvalue weighted by Crippen LogP contribution is -2.56. The van der Waals surface area contributed by atoms with Crippen LogP contribution in [-0.4, -0.2) is 73.2 Å². The van der Waals surface area contributed by atoms with Gasteiger partial charge in [-0.15, -0.1) is 0 Å². The Labute approximate surface area is 258 Å². The zero-order chi connectivity index (χ0) is 30.8. The number of amides is 2. The molecule has 238 valence electrons. The number of nitrogens with one attached hydrogen (secondary N) is 1. The van der Waals surface area contributed by atoms with Crippen molar-refractivity contribution in [2.75, 3.05) is 31.9 Å². The predicted octanol–water partition coefficient (Wildman–Crippen LogP) is 5.25. The Kier molecular flexibility index (Phi) is 7.72. The minimum atomic E-state index is -3.52. The summed E-state index contributed by atoms with van der Waals surface area (Å²) in [5, 5.41) is 3.36. The number of fused-ring (bicyclic) bond motifs is 4. The van der Waals surface area contributed by atoms with Crippen molar-refractivity contribution in [1.82, 2.24) is 14.5 Å². The fourth-order valence-electron chi connectivity index (χ4n) is 9.49. The number of nitrogens with zero attached hydrogens (tertiary/aromatic N) is 2. The van der Waals surface area contributed by atoms with E-state index >= 15 is 0 Å². The van der Waals surface area contributed by atoms with Gasteiger partial charge in [-0.1, -0.05) is 38.1 Å². The fourth-order valence-corrected chi connectivity index (χ4v) is 11.8. The molecule has 1 aromatic rings. The van der Waals surface area contributed by atoms with Gasteiger partial charge < -0.3 is 15.0 Å². The first-order valence-corrected chi connectivity index (χ1v) is 18.1. The number of likely N-dealkylation sites (tertiary alicyclic amines) is 1. The van der Waals surface area contributed by atoms with Crippen molar-refractivity contribution in [2.45, 2.75) is 109 Å². The second-order valence-electron chi connectivity index (χ2n) is 15.8. The number of hydrogen-bond acceptors (Lipinski definition) is 5. The fraction of sp³-hybridized carbons (Fsp3) is 0.765. The Morgan fingerprint density at radius 2 is 1.74 bits per heavy atom. The monoisotopic (exact) mass is 613 g/mol. The van der Waals surface area contributed by atoms with Gasteiger partial charge in [0.05, 0.1) is 11.7 Å². The Morgan fingerprint density at radius 1 is 1.02 bits per heavy atom. The van der Waals surface area contributed by atoms with E-state index in [1.165, 1.54) is 11.1 Å². The molecule has 4 atom stereocenters. The van der Waals surface area contributed by atoms with Gasteiger partial charge in [0.2, 0.25) is 15.9 Å². The molecule has 3 aliphatic carbocycles. The molecule has 2 saturated carbocycles. The van der Waals surface area contributed by atoms with Crippen molar-refractivity contribution in [3.05, 3.63) is 35.4 Å². The minimum Gasteiger partial charge on any atom is -0.444 e. The van der Waals surface area contributed by atoms with E-state index < -0.39 is 21.0 Å². The van der Waals surface area contributed by atoms with Crippen LogP contribution in [0.2, 0.25) is 0 Å². The van der Waals surface area contributed by atoms with Gasteiger partial charge in [-0.25, -0.2) is 17.5 Å². The summed E-state index contributed by atoms with van der Waals surface area (Å²) in [7, 11) is -3.52. The van der Waals surface area contributed by atoms with E-state index in [9.17, 15) is 18.0 Å². The number of carbonyl (C=O) groups is 2. The number of hydrogen-bond donors (Lipinski definition) is 1. The van der Waals surface area contributed by atoms with Crippen molar-refractivity contribution < 1.29 is 22.7 Å². The summed E-state index contributed by atoms with van der Waals surface area (Å²) in [4.78, 5) is 28.1. The molecule has 2 amide bonds. The first-order chi connectivity index (χ1) is 20.2. The summed E-state index contributed by atoms with van der Waals surface area (Å²) >= 11 is 0. The molecule has 4 unspecified atom stereocenters. The van der Waals surface area contributed by atoms with E-state index in [-0.39, 0.29) is 40.5 Å². The first kappa shape index (κ1) is 30.9. The number of piperidine rings is 2. The third-order valence-corrected chi connectivity index (χ3v) is 14.2. The van der Waals surface area contributed by atoms with Crippen LogP contribution in [0.3, 0.4) is 0 Å². The molecule has 6 rings (SSSR count). The number of sulfonamides is 1. The highest BCUT2D eigenvalue weighted by atomic mass is 32.2. The van der Waals surface area contributed by atoms with Gasteiger partial charge in [0.25, 0.3) is 0 Å². The maximum absolute atomic E-state index is 14.2. The SMILES string of the molecule is CC(C)(C)OC(=O)N1CCCC(C(=O)NC2CC3CCC2(CS(=O)(=O)N2CCC4(CCc5ccccc54)CC2)C3(C)C)C1. The molecule has 5 aliphatic rings. The third-order valence-electron chi connectivity index (χ3n) is 12.2. The van der Waals surface area contributed by atoms with E-state index in [0.717, 1.165) is 51.4 Å². The molecule has 2 bridgehead atoms. The van der Waals surface area contributed by atoms with Crippen molar-refractivity contribution in [1.29, 1.82) is 0 Å². The van der Waals surface area contributed by atoms with Crippen molar-refractivity contribution in [3.8, 4) is 0 Å². The summed E-state index contributed by atoms with van der Waals surface area (Å²) in [5.74, 6) is 0.104. The Morgan fingerprint density at radius 3 is 2.44 bits per heavy atom. The van der Waals surface area contributed by atoms with Crippen LogP contribution in [0.15, 0.2) is 24.3 Å². The molecule has 0 radical (unpaired) electrons. The average molecular weight is 614 g/mol. The van der Waals surface area contributed by atoms with Crippen LogP contribution < -0.4 is 5.32 Å². The molecule has 0 aromatic heterocycles. The lowest BCUT2D eigenvalue weighted by Gasteiger charge is -2.45. The lowest BCUT2D eigenvalue weighted by molar-refractivity contribution is -0.128. The maximum Gasteiger partial charge on any atom is 0.410 e. The number of aryl methyl sites for hydroxylation is 1. The molecule has 2 saturated heterocycles. The lowest BCUT2D eigenvalue weighted by atomic mass is 9.69. The average Bonchev–Trinajstić information content (AvgIpc) is 3.49. The molecule has 2 aliphatic heterocycles. The molecule has 8 nitrogen and oxygen atoms in total. The van der Waals surface area contributed by atoms with Gasteiger partial charge in [-0.3, -0.25) is 4.79 Å². The van der Waals surface area contributed by atoms with Crippen molar-refractivity contribution >= 4 is 22.0 Å². The molecule has 43 heavy (non-hydrogen) atoms. The zero-order valence-corrected chi connectivity index (χ0v) is 27.6. The van der Waals surface area contributed by atoms with Crippen LogP contribution in [0.4, 0.5) is 4.79 Å². The van der Waals surface area contributed by atoms with Crippen LogP contribution in [-0.2, 0) is 31.4 Å². The van der Waals surface area contributed by atoms with Gasteiger partial charge in [0.15, 0.2) is 0 Å². The quantitative estimate of drug-likeness (QED) is 0.489. The molecule has 1 N–H and O–H groups in total. The molecular weight excluding hydrogens is 562 g/mol.